The van der Waals surface area contributed by atoms with Crippen molar-refractivity contribution in [1.82, 2.24) is 4.98 Å². The van der Waals surface area contributed by atoms with Gasteiger partial charge in [-0.2, -0.15) is 0 Å². The third kappa shape index (κ3) is 4.38. The molecule has 3 nitrogen and oxygen atoms in total. The topological polar surface area (TPSA) is 47.0 Å². The van der Waals surface area contributed by atoms with Gasteiger partial charge >= 0.3 is 0 Å². The Kier molecular flexibility index (Phi) is 6.44. The molecule has 0 N–H and O–H groups in total. The lowest BCUT2D eigenvalue weighted by Crippen LogP contribution is -2.09. The lowest BCUT2D eigenvalue weighted by atomic mass is 9.95. The smallest absolute Gasteiger partial charge is 0.158 e. The van der Waals surface area contributed by atoms with E-state index in [-0.39, 0.29) is 11.6 Å². The summed E-state index contributed by atoms with van der Waals surface area (Å²) in [5.74, 6) is 0.163. The number of ketones is 2. The van der Waals surface area contributed by atoms with Crippen molar-refractivity contribution in [2.24, 2.45) is 0 Å². The second-order valence-electron chi connectivity index (χ2n) is 6.09. The summed E-state index contributed by atoms with van der Waals surface area (Å²) >= 11 is 1.71. The van der Waals surface area contributed by atoms with Gasteiger partial charge in [0.05, 0.1) is 15.2 Å². The van der Waals surface area contributed by atoms with Gasteiger partial charge in [0.25, 0.3) is 0 Å². The first kappa shape index (κ1) is 18.5. The third-order valence-electron chi connectivity index (χ3n) is 4.25. The summed E-state index contributed by atoms with van der Waals surface area (Å²) < 4.78 is 1.20. The monoisotopic (exact) mass is 343 g/mol. The summed E-state index contributed by atoms with van der Waals surface area (Å²) in [6.45, 7) is 7.54. The Labute approximate surface area is 147 Å². The minimum absolute atomic E-state index is 0.0715. The number of carbonyl (C=O) groups excluding carboxylic acids is 2. The molecule has 0 spiro atoms. The minimum atomic E-state index is 0.0715. The highest BCUT2D eigenvalue weighted by atomic mass is 32.1. The highest BCUT2D eigenvalue weighted by Gasteiger charge is 2.15. The number of hydrogen-bond acceptors (Lipinski definition) is 4. The van der Waals surface area contributed by atoms with Gasteiger partial charge in [-0.3, -0.25) is 9.59 Å². The number of allylic oxidation sites excluding steroid dienone is 2. The van der Waals surface area contributed by atoms with E-state index < -0.39 is 0 Å². The van der Waals surface area contributed by atoms with Crippen LogP contribution in [-0.2, 0) is 16.0 Å². The molecule has 2 aromatic rings. The Morgan fingerprint density at radius 2 is 1.83 bits per heavy atom. The molecule has 0 saturated heterocycles. The molecule has 0 saturated carbocycles. The summed E-state index contributed by atoms with van der Waals surface area (Å²) in [5.41, 5.74) is 3.62. The minimum Gasteiger partial charge on any atom is -0.295 e. The first-order chi connectivity index (χ1) is 11.5. The molecule has 0 amide bonds. The van der Waals surface area contributed by atoms with Crippen LogP contribution in [0.3, 0.4) is 0 Å². The number of benzene rings is 1. The molecule has 0 aliphatic heterocycles. The largest absolute Gasteiger partial charge is 0.295 e. The van der Waals surface area contributed by atoms with Gasteiger partial charge in [-0.05, 0) is 56.4 Å². The van der Waals surface area contributed by atoms with E-state index in [2.05, 4.69) is 30.1 Å². The number of aromatic nitrogens is 1. The second-order valence-corrected chi connectivity index (χ2v) is 7.20. The maximum atomic E-state index is 12.2. The fraction of sp³-hybridized carbons (Fsp3) is 0.450. The molecule has 0 unspecified atom stereocenters. The van der Waals surface area contributed by atoms with Crippen molar-refractivity contribution in [3.63, 3.8) is 0 Å². The van der Waals surface area contributed by atoms with Crippen LogP contribution in [0.4, 0.5) is 0 Å². The number of hydrogen-bond donors (Lipinski definition) is 0. The molecule has 0 radical (unpaired) electrons. The Morgan fingerprint density at radius 1 is 1.12 bits per heavy atom. The lowest BCUT2D eigenvalue weighted by molar-refractivity contribution is -0.118. The van der Waals surface area contributed by atoms with E-state index in [0.29, 0.717) is 30.4 Å². The number of fused-ring (bicyclic) bond motifs is 1. The zero-order valence-electron chi connectivity index (χ0n) is 14.9. The molecular formula is C20H25NO2S. The summed E-state index contributed by atoms with van der Waals surface area (Å²) in [7, 11) is 0. The first-order valence-corrected chi connectivity index (χ1v) is 9.40. The maximum absolute atomic E-state index is 12.2. The highest BCUT2D eigenvalue weighted by Crippen LogP contribution is 2.25. The highest BCUT2D eigenvalue weighted by molar-refractivity contribution is 7.18. The van der Waals surface area contributed by atoms with Crippen molar-refractivity contribution in [3.8, 4) is 0 Å². The zero-order chi connectivity index (χ0) is 17.7. The SMILES string of the molecule is CCC(=O)/C(C)=C(/CCCc1nc2cc(C)ccc2s1)C(=O)CC. The van der Waals surface area contributed by atoms with Crippen LogP contribution in [0.2, 0.25) is 0 Å². The van der Waals surface area contributed by atoms with Gasteiger partial charge in [0.15, 0.2) is 11.6 Å². The molecule has 0 bridgehead atoms. The van der Waals surface area contributed by atoms with Gasteiger partial charge in [-0.15, -0.1) is 11.3 Å². The molecule has 0 aliphatic rings. The van der Waals surface area contributed by atoms with Crippen LogP contribution < -0.4 is 0 Å². The summed E-state index contributed by atoms with van der Waals surface area (Å²) in [6.07, 6.45) is 3.23. The summed E-state index contributed by atoms with van der Waals surface area (Å²) in [6, 6.07) is 6.32. The molecule has 24 heavy (non-hydrogen) atoms. The van der Waals surface area contributed by atoms with Crippen molar-refractivity contribution >= 4 is 33.1 Å². The first-order valence-electron chi connectivity index (χ1n) is 8.58. The van der Waals surface area contributed by atoms with Crippen LogP contribution >= 0.6 is 11.3 Å². The molecule has 128 valence electrons. The van der Waals surface area contributed by atoms with E-state index >= 15 is 0 Å². The normalized spacial score (nSPS) is 12.3. The third-order valence-corrected chi connectivity index (χ3v) is 5.35. The Balaban J connectivity index is 2.08. The van der Waals surface area contributed by atoms with Gasteiger partial charge in [-0.25, -0.2) is 4.98 Å². The molecule has 2 rings (SSSR count). The molecule has 0 atom stereocenters. The number of thiazole rings is 1. The number of carbonyl (C=O) groups is 2. The predicted molar refractivity (Wildman–Crippen MR) is 101 cm³/mol. The van der Waals surface area contributed by atoms with Gasteiger partial charge in [-0.1, -0.05) is 19.9 Å². The average molecular weight is 343 g/mol. The number of aryl methyl sites for hydroxylation is 2. The molecular weight excluding hydrogens is 318 g/mol. The lowest BCUT2D eigenvalue weighted by Gasteiger charge is -2.09. The quantitative estimate of drug-likeness (QED) is 0.619. The average Bonchev–Trinajstić information content (AvgIpc) is 2.98. The van der Waals surface area contributed by atoms with Gasteiger partial charge in [0.1, 0.15) is 0 Å². The van der Waals surface area contributed by atoms with E-state index in [9.17, 15) is 9.59 Å². The van der Waals surface area contributed by atoms with E-state index in [0.717, 1.165) is 23.4 Å². The standard InChI is InChI=1S/C20H25NO2S/c1-5-17(22)14(4)15(18(23)6-2)8-7-9-20-21-16-12-13(3)10-11-19(16)24-20/h10-12H,5-9H2,1-4H3/b15-14-. The van der Waals surface area contributed by atoms with E-state index in [4.69, 9.17) is 0 Å². The Morgan fingerprint density at radius 3 is 2.50 bits per heavy atom. The Bertz CT molecular complexity index is 786. The number of rotatable bonds is 8. The molecule has 1 aromatic heterocycles. The molecule has 1 aromatic carbocycles. The molecule has 0 fully saturated rings. The second kappa shape index (κ2) is 8.34. The van der Waals surface area contributed by atoms with Gasteiger partial charge < -0.3 is 0 Å². The van der Waals surface area contributed by atoms with Crippen molar-refractivity contribution in [2.75, 3.05) is 0 Å². The van der Waals surface area contributed by atoms with Gasteiger partial charge in [0, 0.05) is 18.4 Å². The van der Waals surface area contributed by atoms with Gasteiger partial charge in [0.2, 0.25) is 0 Å². The summed E-state index contributed by atoms with van der Waals surface area (Å²) in [5, 5.41) is 1.10. The zero-order valence-corrected chi connectivity index (χ0v) is 15.8. The van der Waals surface area contributed by atoms with Crippen molar-refractivity contribution in [1.29, 1.82) is 0 Å². The fourth-order valence-electron chi connectivity index (χ4n) is 2.79. The van der Waals surface area contributed by atoms with Crippen LogP contribution in [0.5, 0.6) is 0 Å². The van der Waals surface area contributed by atoms with E-state index in [1.807, 2.05) is 13.8 Å². The molecule has 4 heteroatoms. The van der Waals surface area contributed by atoms with Crippen molar-refractivity contribution in [2.45, 2.75) is 59.8 Å². The van der Waals surface area contributed by atoms with Crippen LogP contribution in [0.25, 0.3) is 10.2 Å². The predicted octanol–water partition coefficient (Wildman–Crippen LogP) is 5.20. The van der Waals surface area contributed by atoms with Crippen molar-refractivity contribution < 1.29 is 9.59 Å². The van der Waals surface area contributed by atoms with Crippen LogP contribution in [0.15, 0.2) is 29.3 Å². The fourth-order valence-corrected chi connectivity index (χ4v) is 3.78. The van der Waals surface area contributed by atoms with Crippen LogP contribution in [0, 0.1) is 6.92 Å². The number of Topliss-reactive ketones (excluding diaryl/α,β-unsaturated/α-hetero) is 2. The van der Waals surface area contributed by atoms with E-state index in [1.54, 1.807) is 18.3 Å². The molecule has 1 heterocycles. The maximum Gasteiger partial charge on any atom is 0.158 e. The number of nitrogens with zero attached hydrogens (tertiary/aromatic N) is 1. The van der Waals surface area contributed by atoms with Crippen LogP contribution in [0.1, 0.15) is 57.0 Å². The Hall–Kier alpha value is -1.81. The van der Waals surface area contributed by atoms with E-state index in [1.165, 1.54) is 10.3 Å². The van der Waals surface area contributed by atoms with Crippen molar-refractivity contribution in [3.05, 3.63) is 39.9 Å². The molecule has 0 aliphatic carbocycles. The van der Waals surface area contributed by atoms with Crippen LogP contribution in [-0.4, -0.2) is 16.6 Å². The summed E-state index contributed by atoms with van der Waals surface area (Å²) in [4.78, 5) is 28.8.